The molecule has 2 heterocycles. The summed E-state index contributed by atoms with van der Waals surface area (Å²) in [5.41, 5.74) is 3.18. The Balaban J connectivity index is 1.62. The molecule has 0 spiro atoms. The molecule has 0 bridgehead atoms. The van der Waals surface area contributed by atoms with Gasteiger partial charge in [0.25, 0.3) is 0 Å². The van der Waals surface area contributed by atoms with Crippen molar-refractivity contribution in [3.05, 3.63) is 59.4 Å². The number of likely N-dealkylation sites (tertiary alicyclic amines) is 1. The molecule has 1 aromatic carbocycles. The predicted octanol–water partition coefficient (Wildman–Crippen LogP) is 2.91. The van der Waals surface area contributed by atoms with E-state index in [-0.39, 0.29) is 5.82 Å². The number of hydrogen-bond acceptors (Lipinski definition) is 3. The lowest BCUT2D eigenvalue weighted by molar-refractivity contribution is 0.322. The van der Waals surface area contributed by atoms with Crippen molar-refractivity contribution in [3.8, 4) is 0 Å². The Morgan fingerprint density at radius 2 is 2.00 bits per heavy atom. The molecule has 1 aliphatic rings. The zero-order valence-corrected chi connectivity index (χ0v) is 11.6. The van der Waals surface area contributed by atoms with Crippen LogP contribution in [0.3, 0.4) is 0 Å². The largest absolute Gasteiger partial charge is 0.297 e. The van der Waals surface area contributed by atoms with Gasteiger partial charge in [0.1, 0.15) is 5.82 Å². The maximum atomic E-state index is 12.9. The molecular formula is C16H18FN3. The van der Waals surface area contributed by atoms with Crippen LogP contribution in [0.5, 0.6) is 0 Å². The Bertz CT molecular complexity index is 565. The highest BCUT2D eigenvalue weighted by Gasteiger charge is 2.24. The Labute approximate surface area is 118 Å². The Hall–Kier alpha value is -1.81. The van der Waals surface area contributed by atoms with Crippen LogP contribution in [0.1, 0.15) is 29.3 Å². The Kier molecular flexibility index (Phi) is 3.74. The summed E-state index contributed by atoms with van der Waals surface area (Å²) in [5, 5.41) is 0. The number of rotatable bonds is 3. The molecule has 0 N–H and O–H groups in total. The monoisotopic (exact) mass is 271 g/mol. The lowest BCUT2D eigenvalue weighted by Gasteiger charge is -2.15. The topological polar surface area (TPSA) is 29.0 Å². The third kappa shape index (κ3) is 3.02. The normalized spacial score (nSPS) is 19.4. The lowest BCUT2D eigenvalue weighted by atomic mass is 9.99. The van der Waals surface area contributed by atoms with Crippen molar-refractivity contribution >= 4 is 0 Å². The highest BCUT2D eigenvalue weighted by molar-refractivity contribution is 5.22. The molecule has 1 saturated heterocycles. The van der Waals surface area contributed by atoms with Crippen LogP contribution in [0, 0.1) is 12.7 Å². The van der Waals surface area contributed by atoms with Crippen LogP contribution in [0.4, 0.5) is 4.39 Å². The fourth-order valence-corrected chi connectivity index (χ4v) is 2.71. The van der Waals surface area contributed by atoms with Crippen LogP contribution in [0.2, 0.25) is 0 Å². The molecule has 1 aliphatic heterocycles. The third-order valence-electron chi connectivity index (χ3n) is 3.83. The van der Waals surface area contributed by atoms with Crippen molar-refractivity contribution in [1.82, 2.24) is 14.9 Å². The first-order valence-electron chi connectivity index (χ1n) is 6.96. The van der Waals surface area contributed by atoms with Crippen molar-refractivity contribution in [2.24, 2.45) is 0 Å². The molecule has 1 atom stereocenters. The maximum absolute atomic E-state index is 12.9. The van der Waals surface area contributed by atoms with Gasteiger partial charge in [0.05, 0.1) is 11.4 Å². The summed E-state index contributed by atoms with van der Waals surface area (Å²) in [6.07, 6.45) is 4.77. The van der Waals surface area contributed by atoms with E-state index in [0.717, 1.165) is 37.4 Å². The van der Waals surface area contributed by atoms with E-state index in [1.54, 1.807) is 12.1 Å². The molecular weight excluding hydrogens is 253 g/mol. The summed E-state index contributed by atoms with van der Waals surface area (Å²) in [6, 6.07) is 6.89. The van der Waals surface area contributed by atoms with Crippen molar-refractivity contribution < 1.29 is 4.39 Å². The van der Waals surface area contributed by atoms with Crippen LogP contribution < -0.4 is 0 Å². The average Bonchev–Trinajstić information content (AvgIpc) is 2.91. The summed E-state index contributed by atoms with van der Waals surface area (Å²) in [6.45, 7) is 4.83. The molecule has 1 unspecified atom stereocenters. The standard InChI is InChI=1S/C16H18FN3/c1-12-8-19-16(9-18-12)11-20-7-6-14(10-20)13-2-4-15(17)5-3-13/h2-5,8-9,14H,6-7,10-11H2,1H3. The molecule has 2 aromatic rings. The van der Waals surface area contributed by atoms with Gasteiger partial charge in [0, 0.05) is 25.5 Å². The summed E-state index contributed by atoms with van der Waals surface area (Å²) < 4.78 is 12.9. The van der Waals surface area contributed by atoms with E-state index in [9.17, 15) is 4.39 Å². The number of hydrogen-bond donors (Lipinski definition) is 0. The van der Waals surface area contributed by atoms with Gasteiger partial charge in [-0.15, -0.1) is 0 Å². The van der Waals surface area contributed by atoms with Crippen LogP contribution in [-0.2, 0) is 6.54 Å². The first-order valence-corrected chi connectivity index (χ1v) is 6.96. The second-order valence-electron chi connectivity index (χ2n) is 5.42. The van der Waals surface area contributed by atoms with Crippen molar-refractivity contribution in [1.29, 1.82) is 0 Å². The fraction of sp³-hybridized carbons (Fsp3) is 0.375. The lowest BCUT2D eigenvalue weighted by Crippen LogP contribution is -2.20. The molecule has 4 heteroatoms. The molecule has 0 saturated carbocycles. The number of aryl methyl sites for hydroxylation is 1. The van der Waals surface area contributed by atoms with E-state index >= 15 is 0 Å². The number of nitrogens with zero attached hydrogens (tertiary/aromatic N) is 3. The van der Waals surface area contributed by atoms with Crippen LogP contribution in [-0.4, -0.2) is 28.0 Å². The van der Waals surface area contributed by atoms with Gasteiger partial charge in [-0.1, -0.05) is 12.1 Å². The minimum absolute atomic E-state index is 0.168. The molecule has 0 amide bonds. The molecule has 3 nitrogen and oxygen atoms in total. The molecule has 1 fully saturated rings. The van der Waals surface area contributed by atoms with E-state index in [0.29, 0.717) is 5.92 Å². The fourth-order valence-electron chi connectivity index (χ4n) is 2.71. The van der Waals surface area contributed by atoms with Gasteiger partial charge >= 0.3 is 0 Å². The molecule has 20 heavy (non-hydrogen) atoms. The van der Waals surface area contributed by atoms with Crippen LogP contribution in [0.15, 0.2) is 36.7 Å². The number of benzene rings is 1. The molecule has 3 rings (SSSR count). The van der Waals surface area contributed by atoms with Gasteiger partial charge in [-0.05, 0) is 43.5 Å². The van der Waals surface area contributed by atoms with Crippen molar-refractivity contribution in [3.63, 3.8) is 0 Å². The van der Waals surface area contributed by atoms with Gasteiger partial charge in [0.15, 0.2) is 0 Å². The zero-order valence-electron chi connectivity index (χ0n) is 11.6. The summed E-state index contributed by atoms with van der Waals surface area (Å²) >= 11 is 0. The first kappa shape index (κ1) is 13.2. The van der Waals surface area contributed by atoms with E-state index in [4.69, 9.17) is 0 Å². The van der Waals surface area contributed by atoms with Gasteiger partial charge in [-0.2, -0.15) is 0 Å². The number of halogens is 1. The van der Waals surface area contributed by atoms with E-state index < -0.39 is 0 Å². The summed E-state index contributed by atoms with van der Waals surface area (Å²) in [5.74, 6) is 0.326. The smallest absolute Gasteiger partial charge is 0.123 e. The van der Waals surface area contributed by atoms with Crippen LogP contribution >= 0.6 is 0 Å². The van der Waals surface area contributed by atoms with Gasteiger partial charge in [-0.3, -0.25) is 14.9 Å². The summed E-state index contributed by atoms with van der Waals surface area (Å²) in [7, 11) is 0. The average molecular weight is 271 g/mol. The van der Waals surface area contributed by atoms with E-state index in [1.165, 1.54) is 5.56 Å². The van der Waals surface area contributed by atoms with Crippen molar-refractivity contribution in [2.45, 2.75) is 25.8 Å². The highest BCUT2D eigenvalue weighted by Crippen LogP contribution is 2.27. The Morgan fingerprint density at radius 1 is 1.20 bits per heavy atom. The summed E-state index contributed by atoms with van der Waals surface area (Å²) in [4.78, 5) is 11.1. The van der Waals surface area contributed by atoms with Crippen molar-refractivity contribution in [2.75, 3.05) is 13.1 Å². The maximum Gasteiger partial charge on any atom is 0.123 e. The quantitative estimate of drug-likeness (QED) is 0.859. The second kappa shape index (κ2) is 5.67. The SMILES string of the molecule is Cc1cnc(CN2CCC(c3ccc(F)cc3)C2)cn1. The van der Waals surface area contributed by atoms with Gasteiger partial charge in [-0.25, -0.2) is 4.39 Å². The minimum atomic E-state index is -0.168. The molecule has 1 aromatic heterocycles. The third-order valence-corrected chi connectivity index (χ3v) is 3.83. The zero-order chi connectivity index (χ0) is 13.9. The number of aromatic nitrogens is 2. The first-order chi connectivity index (χ1) is 9.70. The molecule has 0 radical (unpaired) electrons. The highest BCUT2D eigenvalue weighted by atomic mass is 19.1. The minimum Gasteiger partial charge on any atom is -0.297 e. The predicted molar refractivity (Wildman–Crippen MR) is 75.8 cm³/mol. The molecule has 104 valence electrons. The van der Waals surface area contributed by atoms with Crippen LogP contribution in [0.25, 0.3) is 0 Å². The van der Waals surface area contributed by atoms with E-state index in [2.05, 4.69) is 14.9 Å². The van der Waals surface area contributed by atoms with Gasteiger partial charge in [0.2, 0.25) is 0 Å². The van der Waals surface area contributed by atoms with E-state index in [1.807, 2.05) is 31.5 Å². The molecule has 0 aliphatic carbocycles. The Morgan fingerprint density at radius 3 is 2.70 bits per heavy atom. The van der Waals surface area contributed by atoms with Gasteiger partial charge < -0.3 is 0 Å². The second-order valence-corrected chi connectivity index (χ2v) is 5.42.